The molecular formula is C32H38O6. The summed E-state index contributed by atoms with van der Waals surface area (Å²) in [5.74, 6) is 2.37. The van der Waals surface area contributed by atoms with E-state index in [2.05, 4.69) is 32.6 Å². The first-order chi connectivity index (χ1) is 18.1. The maximum atomic E-state index is 11.8. The van der Waals surface area contributed by atoms with Crippen molar-refractivity contribution < 1.29 is 28.8 Å². The molecule has 2 aromatic carbocycles. The molecule has 2 aromatic rings. The highest BCUT2D eigenvalue weighted by Gasteiger charge is 2.55. The molecule has 1 N–H and O–H groups in total. The quantitative estimate of drug-likeness (QED) is 0.524. The van der Waals surface area contributed by atoms with Gasteiger partial charge >= 0.3 is 0 Å². The minimum Gasteiger partial charge on any atom is -0.507 e. The van der Waals surface area contributed by atoms with Crippen molar-refractivity contribution in [2.45, 2.75) is 78.0 Å². The third kappa shape index (κ3) is 3.45. The normalized spacial score (nSPS) is 36.2. The average Bonchev–Trinajstić information content (AvgIpc) is 3.53. The van der Waals surface area contributed by atoms with Crippen LogP contribution in [0.25, 0.3) is 0 Å². The largest absolute Gasteiger partial charge is 0.507 e. The summed E-state index contributed by atoms with van der Waals surface area (Å²) in [7, 11) is 0. The number of benzene rings is 2. The van der Waals surface area contributed by atoms with Crippen LogP contribution in [0, 0.1) is 23.7 Å². The minimum absolute atomic E-state index is 0.0222. The number of hydrogen-bond acceptors (Lipinski definition) is 6. The van der Waals surface area contributed by atoms with Gasteiger partial charge in [-0.15, -0.1) is 0 Å². The lowest BCUT2D eigenvalue weighted by Crippen LogP contribution is -2.47. The number of ether oxygens (including phenoxy) is 5. The third-order valence-corrected chi connectivity index (χ3v) is 9.84. The first-order valence-electron chi connectivity index (χ1n) is 14.1. The van der Waals surface area contributed by atoms with E-state index in [-0.39, 0.29) is 23.7 Å². The van der Waals surface area contributed by atoms with E-state index >= 15 is 0 Å². The highest BCUT2D eigenvalue weighted by Crippen LogP contribution is 2.57. The van der Waals surface area contributed by atoms with Crippen LogP contribution in [-0.4, -0.2) is 36.0 Å². The summed E-state index contributed by atoms with van der Waals surface area (Å²) >= 11 is 0. The van der Waals surface area contributed by atoms with Crippen LogP contribution in [0.1, 0.15) is 62.4 Å². The topological polar surface area (TPSA) is 66.4 Å². The fourth-order valence-corrected chi connectivity index (χ4v) is 7.44. The van der Waals surface area contributed by atoms with Gasteiger partial charge in [0, 0.05) is 55.2 Å². The van der Waals surface area contributed by atoms with Crippen LogP contribution >= 0.6 is 0 Å². The van der Waals surface area contributed by atoms with Crippen LogP contribution < -0.4 is 14.2 Å². The number of aromatic hydroxyl groups is 1. The Hall–Kier alpha value is -2.70. The Morgan fingerprint density at radius 2 is 1.58 bits per heavy atom. The summed E-state index contributed by atoms with van der Waals surface area (Å²) in [5.41, 5.74) is 6.08. The SMILES string of the molecule is C=C(C)C1Cc2cc(Cc3c(O)c4c(c5c3O[C@@]3(C)OC[C@H](C)[C@H]3C5)O[C@@]3(C)OC[C@H](C)[C@H]3C4)ccc2O1. The summed E-state index contributed by atoms with van der Waals surface area (Å²) in [4.78, 5) is 0. The zero-order chi connectivity index (χ0) is 26.6. The molecule has 6 heteroatoms. The molecule has 1 unspecified atom stereocenters. The molecule has 0 amide bonds. The van der Waals surface area contributed by atoms with Gasteiger partial charge in [-0.1, -0.05) is 32.6 Å². The Kier molecular flexibility index (Phi) is 5.22. The maximum Gasteiger partial charge on any atom is 0.211 e. The smallest absolute Gasteiger partial charge is 0.211 e. The van der Waals surface area contributed by atoms with Crippen molar-refractivity contribution in [3.63, 3.8) is 0 Å². The number of hydrogen-bond donors (Lipinski definition) is 1. The second-order valence-electron chi connectivity index (χ2n) is 12.7. The van der Waals surface area contributed by atoms with Crippen molar-refractivity contribution in [3.05, 3.63) is 58.2 Å². The van der Waals surface area contributed by atoms with Crippen LogP contribution in [0.2, 0.25) is 0 Å². The van der Waals surface area contributed by atoms with Gasteiger partial charge in [-0.3, -0.25) is 0 Å². The van der Waals surface area contributed by atoms with E-state index in [9.17, 15) is 5.11 Å². The molecule has 38 heavy (non-hydrogen) atoms. The second-order valence-corrected chi connectivity index (χ2v) is 12.7. The van der Waals surface area contributed by atoms with Crippen molar-refractivity contribution >= 4 is 0 Å². The second kappa shape index (κ2) is 8.15. The van der Waals surface area contributed by atoms with Crippen LogP contribution in [0.15, 0.2) is 30.4 Å². The van der Waals surface area contributed by atoms with Crippen LogP contribution in [0.4, 0.5) is 0 Å². The number of fused-ring (bicyclic) bond motifs is 6. The fourth-order valence-electron chi connectivity index (χ4n) is 7.44. The first-order valence-corrected chi connectivity index (χ1v) is 14.1. The van der Waals surface area contributed by atoms with Gasteiger partial charge in [0.1, 0.15) is 29.1 Å². The lowest BCUT2D eigenvalue weighted by atomic mass is 9.77. The molecule has 0 radical (unpaired) electrons. The Morgan fingerprint density at radius 3 is 2.24 bits per heavy atom. The van der Waals surface area contributed by atoms with E-state index in [0.29, 0.717) is 37.2 Å². The van der Waals surface area contributed by atoms with Crippen LogP contribution in [0.3, 0.4) is 0 Å². The standard InChI is InChI=1S/C32H38O6/c1-16(2)27-11-20-9-19(7-8-26(20)36-27)10-21-28(33)22-12-24-17(3)14-34-31(24,5)38-30(22)23-13-25-18(4)15-35-32(25,6)37-29(21)23/h7-9,17-18,24-25,27,33H,1,10-15H2,2-6H3/t17-,18-,24+,25+,27?,31+,32+/m0/s1. The molecule has 0 spiro atoms. The molecule has 5 heterocycles. The van der Waals surface area contributed by atoms with Gasteiger partial charge in [0.2, 0.25) is 11.6 Å². The van der Waals surface area contributed by atoms with Crippen molar-refractivity contribution in [1.82, 2.24) is 0 Å². The van der Waals surface area contributed by atoms with Crippen molar-refractivity contribution in [3.8, 4) is 23.0 Å². The van der Waals surface area contributed by atoms with Gasteiger partial charge in [-0.2, -0.15) is 0 Å². The average molecular weight is 519 g/mol. The van der Waals surface area contributed by atoms with Gasteiger partial charge in [0.15, 0.2) is 0 Å². The summed E-state index contributed by atoms with van der Waals surface area (Å²) in [6.45, 7) is 15.9. The molecule has 5 aliphatic heterocycles. The monoisotopic (exact) mass is 518 g/mol. The van der Waals surface area contributed by atoms with Crippen LogP contribution in [0.5, 0.6) is 23.0 Å². The predicted molar refractivity (Wildman–Crippen MR) is 143 cm³/mol. The molecule has 2 saturated heterocycles. The highest BCUT2D eigenvalue weighted by molar-refractivity contribution is 5.65. The molecule has 0 aliphatic carbocycles. The van der Waals surface area contributed by atoms with Gasteiger partial charge in [-0.05, 0) is 54.4 Å². The molecular weight excluding hydrogens is 480 g/mol. The van der Waals surface area contributed by atoms with E-state index in [1.807, 2.05) is 26.8 Å². The number of phenolic OH excluding ortho intramolecular Hbond substituents is 1. The molecule has 202 valence electrons. The molecule has 0 saturated carbocycles. The molecule has 6 nitrogen and oxygen atoms in total. The van der Waals surface area contributed by atoms with E-state index < -0.39 is 11.6 Å². The van der Waals surface area contributed by atoms with Gasteiger partial charge in [-0.25, -0.2) is 0 Å². The Balaban J connectivity index is 1.34. The molecule has 0 bridgehead atoms. The Morgan fingerprint density at radius 1 is 0.947 bits per heavy atom. The van der Waals surface area contributed by atoms with E-state index in [4.69, 9.17) is 23.7 Å². The minimum atomic E-state index is -0.720. The lowest BCUT2D eigenvalue weighted by Gasteiger charge is -2.43. The Bertz CT molecular complexity index is 1350. The third-order valence-electron chi connectivity index (χ3n) is 9.84. The van der Waals surface area contributed by atoms with E-state index in [1.165, 1.54) is 5.56 Å². The summed E-state index contributed by atoms with van der Waals surface area (Å²) < 4.78 is 31.9. The molecule has 5 aliphatic rings. The first kappa shape index (κ1) is 24.3. The van der Waals surface area contributed by atoms with Crippen LogP contribution in [-0.2, 0) is 35.2 Å². The molecule has 2 fully saturated rings. The predicted octanol–water partition coefficient (Wildman–Crippen LogP) is 5.73. The fraction of sp³-hybridized carbons (Fsp3) is 0.562. The molecule has 0 aromatic heterocycles. The van der Waals surface area contributed by atoms with Gasteiger partial charge in [0.05, 0.1) is 13.2 Å². The summed E-state index contributed by atoms with van der Waals surface area (Å²) in [6, 6.07) is 6.33. The van der Waals surface area contributed by atoms with E-state index in [0.717, 1.165) is 58.6 Å². The van der Waals surface area contributed by atoms with Crippen molar-refractivity contribution in [1.29, 1.82) is 0 Å². The van der Waals surface area contributed by atoms with Crippen molar-refractivity contribution in [2.75, 3.05) is 13.2 Å². The molecule has 7 atom stereocenters. The van der Waals surface area contributed by atoms with Crippen molar-refractivity contribution in [2.24, 2.45) is 23.7 Å². The zero-order valence-corrected chi connectivity index (χ0v) is 23.1. The number of rotatable bonds is 3. The van der Waals surface area contributed by atoms with Gasteiger partial charge < -0.3 is 28.8 Å². The zero-order valence-electron chi connectivity index (χ0n) is 23.1. The highest BCUT2D eigenvalue weighted by atomic mass is 16.7. The molecule has 7 rings (SSSR count). The van der Waals surface area contributed by atoms with Gasteiger partial charge in [0.25, 0.3) is 0 Å². The summed E-state index contributed by atoms with van der Waals surface area (Å²) in [5, 5.41) is 11.8. The summed E-state index contributed by atoms with van der Waals surface area (Å²) in [6.07, 6.45) is 2.91. The lowest BCUT2D eigenvalue weighted by molar-refractivity contribution is -0.174. The maximum absolute atomic E-state index is 11.8. The van der Waals surface area contributed by atoms with E-state index in [1.54, 1.807) is 0 Å². The number of phenols is 1. The Labute approximate surface area is 224 Å².